The number of carbonyl (C=O) groups excluding carboxylic acids is 2. The molecular weight excluding hydrogens is 333 g/mol. The number of aryl methyl sites for hydroxylation is 2. The second-order valence-corrected chi connectivity index (χ2v) is 6.33. The molecule has 1 saturated heterocycles. The Balaban J connectivity index is 1.90. The summed E-state index contributed by atoms with van der Waals surface area (Å²) < 4.78 is 13.6. The summed E-state index contributed by atoms with van der Waals surface area (Å²) in [7, 11) is 0. The molecule has 0 aromatic heterocycles. The van der Waals surface area contributed by atoms with Gasteiger partial charge in [-0.25, -0.2) is 9.18 Å². The summed E-state index contributed by atoms with van der Waals surface area (Å²) in [6.07, 6.45) is 0.783. The first-order chi connectivity index (χ1) is 12.5. The number of hydrogen-bond donors (Lipinski definition) is 2. The first-order valence-corrected chi connectivity index (χ1v) is 8.70. The Kier molecular flexibility index (Phi) is 5.21. The van der Waals surface area contributed by atoms with Crippen LogP contribution in [0.25, 0.3) is 0 Å². The molecule has 0 spiro atoms. The average molecular weight is 355 g/mol. The number of anilines is 1. The van der Waals surface area contributed by atoms with Crippen molar-refractivity contribution in [3.63, 3.8) is 0 Å². The molecule has 26 heavy (non-hydrogen) atoms. The second-order valence-electron chi connectivity index (χ2n) is 6.33. The van der Waals surface area contributed by atoms with Crippen LogP contribution in [0.1, 0.15) is 29.7 Å². The summed E-state index contributed by atoms with van der Waals surface area (Å²) in [5.41, 5.74) is 3.21. The maximum Gasteiger partial charge on any atom is 0.322 e. The fourth-order valence-corrected chi connectivity index (χ4v) is 3.27. The zero-order chi connectivity index (χ0) is 18.7. The molecule has 0 aliphatic carbocycles. The van der Waals surface area contributed by atoms with E-state index in [0.717, 1.165) is 23.2 Å². The molecule has 1 fully saturated rings. The van der Waals surface area contributed by atoms with Gasteiger partial charge in [0.25, 0.3) is 0 Å². The number of amides is 3. The van der Waals surface area contributed by atoms with Gasteiger partial charge in [0.05, 0.1) is 0 Å². The average Bonchev–Trinajstić information content (AvgIpc) is 2.63. The number of para-hydroxylation sites is 1. The predicted molar refractivity (Wildman–Crippen MR) is 98.4 cm³/mol. The van der Waals surface area contributed by atoms with Crippen molar-refractivity contribution in [1.29, 1.82) is 0 Å². The predicted octanol–water partition coefficient (Wildman–Crippen LogP) is 3.40. The van der Waals surface area contributed by atoms with E-state index in [4.69, 9.17) is 0 Å². The maximum absolute atomic E-state index is 13.6. The van der Waals surface area contributed by atoms with Crippen molar-refractivity contribution in [3.05, 3.63) is 65.0 Å². The largest absolute Gasteiger partial charge is 0.352 e. The molecule has 1 atom stereocenters. The monoisotopic (exact) mass is 355 g/mol. The number of nitrogens with one attached hydrogen (secondary N) is 2. The van der Waals surface area contributed by atoms with Gasteiger partial charge in [-0.2, -0.15) is 0 Å². The highest BCUT2D eigenvalue weighted by atomic mass is 19.1. The van der Waals surface area contributed by atoms with Crippen LogP contribution in [-0.2, 0) is 11.2 Å². The van der Waals surface area contributed by atoms with Crippen molar-refractivity contribution in [3.8, 4) is 0 Å². The van der Waals surface area contributed by atoms with Crippen molar-refractivity contribution in [1.82, 2.24) is 10.2 Å². The standard InChI is InChI=1S/C20H22FN3O2/c1-3-14-7-4-6-13(2)17(14)23-20(26)24-11-10-22-19(25)18(24)15-8-5-9-16(21)12-15/h4-9,12,18H,3,10-11H2,1-2H3,(H,22,25)(H,23,26)/t18-/m0/s1. The van der Waals surface area contributed by atoms with Crippen LogP contribution in [0.15, 0.2) is 42.5 Å². The number of hydrogen-bond acceptors (Lipinski definition) is 2. The van der Waals surface area contributed by atoms with Crippen LogP contribution in [0.3, 0.4) is 0 Å². The lowest BCUT2D eigenvalue weighted by molar-refractivity contribution is -0.127. The molecule has 0 bridgehead atoms. The highest BCUT2D eigenvalue weighted by Gasteiger charge is 2.34. The van der Waals surface area contributed by atoms with E-state index in [1.54, 1.807) is 12.1 Å². The summed E-state index contributed by atoms with van der Waals surface area (Å²) >= 11 is 0. The van der Waals surface area contributed by atoms with Crippen LogP contribution in [0.2, 0.25) is 0 Å². The Morgan fingerprint density at radius 1 is 1.31 bits per heavy atom. The van der Waals surface area contributed by atoms with Crippen LogP contribution in [0, 0.1) is 12.7 Å². The summed E-state index contributed by atoms with van der Waals surface area (Å²) in [5.74, 6) is -0.745. The third kappa shape index (κ3) is 3.54. The van der Waals surface area contributed by atoms with Gasteiger partial charge in [0.15, 0.2) is 0 Å². The second kappa shape index (κ2) is 7.56. The fourth-order valence-electron chi connectivity index (χ4n) is 3.27. The molecule has 136 valence electrons. The van der Waals surface area contributed by atoms with Crippen LogP contribution < -0.4 is 10.6 Å². The topological polar surface area (TPSA) is 61.4 Å². The molecule has 1 heterocycles. The summed E-state index contributed by atoms with van der Waals surface area (Å²) in [6.45, 7) is 4.68. The molecule has 0 unspecified atom stereocenters. The molecule has 2 aromatic carbocycles. The fraction of sp³-hybridized carbons (Fsp3) is 0.300. The van der Waals surface area contributed by atoms with E-state index in [0.29, 0.717) is 18.7 Å². The number of urea groups is 1. The molecule has 5 nitrogen and oxygen atoms in total. The van der Waals surface area contributed by atoms with E-state index in [1.807, 2.05) is 32.0 Å². The molecule has 3 amide bonds. The van der Waals surface area contributed by atoms with Gasteiger partial charge < -0.3 is 15.5 Å². The minimum atomic E-state index is -0.853. The lowest BCUT2D eigenvalue weighted by Crippen LogP contribution is -2.53. The number of carbonyl (C=O) groups is 2. The van der Waals surface area contributed by atoms with Gasteiger partial charge in [-0.3, -0.25) is 4.79 Å². The smallest absolute Gasteiger partial charge is 0.322 e. The van der Waals surface area contributed by atoms with E-state index < -0.39 is 11.9 Å². The molecule has 2 aromatic rings. The van der Waals surface area contributed by atoms with Gasteiger partial charge >= 0.3 is 6.03 Å². The van der Waals surface area contributed by atoms with Crippen molar-refractivity contribution in [2.75, 3.05) is 18.4 Å². The normalized spacial score (nSPS) is 17.0. The lowest BCUT2D eigenvalue weighted by atomic mass is 10.0. The summed E-state index contributed by atoms with van der Waals surface area (Å²) in [5, 5.41) is 5.70. The Morgan fingerprint density at radius 3 is 2.81 bits per heavy atom. The Morgan fingerprint density at radius 2 is 2.08 bits per heavy atom. The van der Waals surface area contributed by atoms with Crippen LogP contribution in [0.4, 0.5) is 14.9 Å². The number of benzene rings is 2. The molecule has 1 aliphatic rings. The lowest BCUT2D eigenvalue weighted by Gasteiger charge is -2.35. The Hall–Kier alpha value is -2.89. The van der Waals surface area contributed by atoms with Gasteiger partial charge in [-0.05, 0) is 42.2 Å². The molecule has 0 radical (unpaired) electrons. The van der Waals surface area contributed by atoms with Crippen molar-refractivity contribution in [2.45, 2.75) is 26.3 Å². The minimum Gasteiger partial charge on any atom is -0.352 e. The maximum atomic E-state index is 13.6. The van der Waals surface area contributed by atoms with Gasteiger partial charge in [0.2, 0.25) is 5.91 Å². The number of halogens is 1. The zero-order valence-electron chi connectivity index (χ0n) is 14.9. The SMILES string of the molecule is CCc1cccc(C)c1NC(=O)N1CCNC(=O)[C@@H]1c1cccc(F)c1. The first kappa shape index (κ1) is 17.9. The van der Waals surface area contributed by atoms with E-state index in [9.17, 15) is 14.0 Å². The van der Waals surface area contributed by atoms with E-state index in [1.165, 1.54) is 17.0 Å². The van der Waals surface area contributed by atoms with Gasteiger partial charge in [0.1, 0.15) is 11.9 Å². The molecule has 6 heteroatoms. The van der Waals surface area contributed by atoms with E-state index in [-0.39, 0.29) is 11.9 Å². The number of piperazine rings is 1. The number of rotatable bonds is 3. The van der Waals surface area contributed by atoms with Gasteiger partial charge in [0, 0.05) is 18.8 Å². The minimum absolute atomic E-state index is 0.308. The zero-order valence-corrected chi connectivity index (χ0v) is 14.9. The Bertz CT molecular complexity index is 838. The summed E-state index contributed by atoms with van der Waals surface area (Å²) in [4.78, 5) is 26.8. The highest BCUT2D eigenvalue weighted by Crippen LogP contribution is 2.27. The third-order valence-electron chi connectivity index (χ3n) is 4.61. The van der Waals surface area contributed by atoms with Gasteiger partial charge in [-0.15, -0.1) is 0 Å². The third-order valence-corrected chi connectivity index (χ3v) is 4.61. The molecule has 2 N–H and O–H groups in total. The Labute approximate surface area is 152 Å². The van der Waals surface area contributed by atoms with Gasteiger partial charge in [-0.1, -0.05) is 37.3 Å². The first-order valence-electron chi connectivity index (χ1n) is 8.70. The van der Waals surface area contributed by atoms with Crippen molar-refractivity contribution in [2.24, 2.45) is 0 Å². The van der Waals surface area contributed by atoms with E-state index in [2.05, 4.69) is 10.6 Å². The summed E-state index contributed by atoms with van der Waals surface area (Å²) in [6, 6.07) is 10.4. The van der Waals surface area contributed by atoms with Crippen molar-refractivity contribution >= 4 is 17.6 Å². The van der Waals surface area contributed by atoms with Crippen LogP contribution >= 0.6 is 0 Å². The highest BCUT2D eigenvalue weighted by molar-refractivity contribution is 5.96. The molecular formula is C20H22FN3O2. The van der Waals surface area contributed by atoms with Crippen LogP contribution in [-0.4, -0.2) is 29.9 Å². The van der Waals surface area contributed by atoms with E-state index >= 15 is 0 Å². The van der Waals surface area contributed by atoms with Crippen LogP contribution in [0.5, 0.6) is 0 Å². The quantitative estimate of drug-likeness (QED) is 0.886. The molecule has 0 saturated carbocycles. The van der Waals surface area contributed by atoms with Crippen molar-refractivity contribution < 1.29 is 14.0 Å². The number of nitrogens with zero attached hydrogens (tertiary/aromatic N) is 1. The molecule has 3 rings (SSSR count). The molecule has 1 aliphatic heterocycles.